The fourth-order valence-corrected chi connectivity index (χ4v) is 5.70. The maximum Gasteiger partial charge on any atom is 0.413 e. The van der Waals surface area contributed by atoms with Crippen molar-refractivity contribution in [3.05, 3.63) is 46.9 Å². The van der Waals surface area contributed by atoms with Gasteiger partial charge in [-0.15, -0.1) is 0 Å². The molecule has 0 saturated heterocycles. The number of benzene rings is 1. The number of amides is 1. The van der Waals surface area contributed by atoms with Crippen LogP contribution in [-0.2, 0) is 12.0 Å². The van der Waals surface area contributed by atoms with E-state index in [9.17, 15) is 15.0 Å². The van der Waals surface area contributed by atoms with Gasteiger partial charge in [-0.25, -0.2) is 9.78 Å². The number of aliphatic hydroxyl groups is 1. The molecular formula is C37H62N6O3. The van der Waals surface area contributed by atoms with Gasteiger partial charge in [0.05, 0.1) is 35.4 Å². The lowest BCUT2D eigenvalue weighted by atomic mass is 9.65. The summed E-state index contributed by atoms with van der Waals surface area (Å²) in [6.07, 6.45) is 11.8. The van der Waals surface area contributed by atoms with Crippen molar-refractivity contribution < 1.29 is 15.0 Å². The Labute approximate surface area is 279 Å². The second-order valence-corrected chi connectivity index (χ2v) is 12.3. The molecular weight excluding hydrogens is 576 g/mol. The fourth-order valence-electron chi connectivity index (χ4n) is 5.70. The first-order chi connectivity index (χ1) is 21.8. The minimum absolute atomic E-state index is 0.0551. The number of aliphatic imine (C=N–C) groups is 1. The van der Waals surface area contributed by atoms with Crippen LogP contribution in [0.15, 0.2) is 29.5 Å². The average molecular weight is 639 g/mol. The highest BCUT2D eigenvalue weighted by Crippen LogP contribution is 2.42. The van der Waals surface area contributed by atoms with E-state index in [0.717, 1.165) is 68.2 Å². The Kier molecular flexibility index (Phi) is 19.9. The molecule has 258 valence electrons. The predicted molar refractivity (Wildman–Crippen MR) is 192 cm³/mol. The minimum atomic E-state index is -1.11. The summed E-state index contributed by atoms with van der Waals surface area (Å²) in [4.78, 5) is 25.9. The molecule has 3 rings (SSSR count). The van der Waals surface area contributed by atoms with Crippen LogP contribution in [0.5, 0.6) is 0 Å². The number of unbranched alkanes of at least 4 members (excludes halogenated alkanes) is 1. The molecule has 1 aromatic carbocycles. The van der Waals surface area contributed by atoms with Crippen LogP contribution in [0, 0.1) is 29.6 Å². The monoisotopic (exact) mass is 638 g/mol. The first-order valence-corrected chi connectivity index (χ1v) is 17.1. The zero-order chi connectivity index (χ0) is 35.5. The quantitative estimate of drug-likeness (QED) is 0.220. The van der Waals surface area contributed by atoms with E-state index in [-0.39, 0.29) is 17.4 Å². The van der Waals surface area contributed by atoms with Crippen molar-refractivity contribution >= 4 is 23.8 Å². The molecule has 4 N–H and O–H groups in total. The van der Waals surface area contributed by atoms with Crippen LogP contribution >= 0.6 is 0 Å². The second kappa shape index (κ2) is 21.4. The molecule has 1 aliphatic carbocycles. The van der Waals surface area contributed by atoms with Gasteiger partial charge in [-0.1, -0.05) is 67.7 Å². The number of anilines is 1. The Balaban J connectivity index is 0.000000901. The van der Waals surface area contributed by atoms with E-state index in [0.29, 0.717) is 18.1 Å². The van der Waals surface area contributed by atoms with E-state index in [4.69, 9.17) is 11.0 Å². The summed E-state index contributed by atoms with van der Waals surface area (Å²) >= 11 is 0. The summed E-state index contributed by atoms with van der Waals surface area (Å²) in [5, 5.41) is 28.6. The number of nitriles is 1. The molecule has 9 heteroatoms. The van der Waals surface area contributed by atoms with Gasteiger partial charge in [0.1, 0.15) is 5.60 Å². The van der Waals surface area contributed by atoms with Gasteiger partial charge in [0, 0.05) is 18.8 Å². The largest absolute Gasteiger partial charge is 0.465 e. The zero-order valence-corrected chi connectivity index (χ0v) is 30.5. The van der Waals surface area contributed by atoms with Crippen LogP contribution in [0.3, 0.4) is 0 Å². The third-order valence-corrected chi connectivity index (χ3v) is 8.14. The molecule has 2 unspecified atom stereocenters. The summed E-state index contributed by atoms with van der Waals surface area (Å²) in [6, 6.07) is 6.19. The van der Waals surface area contributed by atoms with E-state index in [1.54, 1.807) is 20.1 Å². The fraction of sp³-hybridized carbons (Fsp3) is 0.649. The van der Waals surface area contributed by atoms with Crippen molar-refractivity contribution in [2.75, 3.05) is 11.4 Å². The Morgan fingerprint density at radius 1 is 1.17 bits per heavy atom. The molecule has 0 radical (unpaired) electrons. The smallest absolute Gasteiger partial charge is 0.413 e. The van der Waals surface area contributed by atoms with E-state index in [1.165, 1.54) is 22.9 Å². The van der Waals surface area contributed by atoms with Crippen LogP contribution in [0.4, 0.5) is 16.3 Å². The number of hydrogen-bond donors (Lipinski definition) is 3. The van der Waals surface area contributed by atoms with Crippen LogP contribution in [0.1, 0.15) is 137 Å². The third kappa shape index (κ3) is 13.2. The highest BCUT2D eigenvalue weighted by molar-refractivity contribution is 5.84. The Morgan fingerprint density at radius 3 is 2.30 bits per heavy atom. The lowest BCUT2D eigenvalue weighted by Crippen LogP contribution is -2.47. The van der Waals surface area contributed by atoms with Crippen molar-refractivity contribution in [3.63, 3.8) is 0 Å². The van der Waals surface area contributed by atoms with Crippen molar-refractivity contribution in [2.45, 2.75) is 139 Å². The van der Waals surface area contributed by atoms with Gasteiger partial charge in [-0.3, -0.25) is 14.9 Å². The number of aryl methyl sites for hydroxylation is 2. The van der Waals surface area contributed by atoms with Gasteiger partial charge in [0.25, 0.3) is 0 Å². The molecule has 46 heavy (non-hydrogen) atoms. The third-order valence-electron chi connectivity index (χ3n) is 8.14. The Bertz CT molecular complexity index is 1230. The Hall–Kier alpha value is -3.35. The molecule has 0 spiro atoms. The standard InChI is InChI=1S/C20H34N4O3.C13H16N2.2C2H6/c1-5-6-9-20(4)10-14(7-8-15(20)21)13-24(18(25)26)17-12-22-16(11-23-17)19(2,3)27;1-4-6-12-8-11(9-14)7-10(3)13(12)15-5-2;2*1-2/h11-12,14-15,27H,5-10,13,21H2,1-4H3,(H,25,26);5,7-8H,4,6H2,1-3H3;2*1-2H3/t14?,15?,20-;;;/m1.../s1. The molecule has 3 atom stereocenters. The molecule has 1 heterocycles. The van der Waals surface area contributed by atoms with Crippen LogP contribution in [-0.4, -0.2) is 45.1 Å². The molecule has 1 fully saturated rings. The topological polar surface area (TPSA) is 149 Å². The van der Waals surface area contributed by atoms with E-state index in [2.05, 4.69) is 41.8 Å². The summed E-state index contributed by atoms with van der Waals surface area (Å²) in [6.45, 7) is 22.1. The SMILES string of the molecule is CC.CC.CC=Nc1c(C)cc(C#N)cc1CCC.CCCC[C@]1(C)CC(CN(C(=O)O)c2cnc(C(C)(C)O)cn2)CCC1N. The lowest BCUT2D eigenvalue weighted by molar-refractivity contribution is 0.0734. The van der Waals surface area contributed by atoms with Crippen molar-refractivity contribution in [1.29, 1.82) is 5.26 Å². The highest BCUT2D eigenvalue weighted by atomic mass is 16.4. The first-order valence-electron chi connectivity index (χ1n) is 17.1. The highest BCUT2D eigenvalue weighted by Gasteiger charge is 2.39. The number of hydrogen-bond acceptors (Lipinski definition) is 7. The van der Waals surface area contributed by atoms with Crippen molar-refractivity contribution in [3.8, 4) is 6.07 Å². The number of rotatable bonds is 10. The van der Waals surface area contributed by atoms with Gasteiger partial charge in [-0.2, -0.15) is 5.26 Å². The van der Waals surface area contributed by atoms with Gasteiger partial charge in [0.15, 0.2) is 5.82 Å². The number of nitrogens with zero attached hydrogens (tertiary/aromatic N) is 5. The lowest BCUT2D eigenvalue weighted by Gasteiger charge is -2.44. The number of carbonyl (C=O) groups is 1. The molecule has 2 aromatic rings. The van der Waals surface area contributed by atoms with Gasteiger partial charge in [-0.05, 0) is 94.4 Å². The molecule has 1 saturated carbocycles. The number of carboxylic acid groups (broad SMARTS) is 1. The molecule has 1 aliphatic rings. The van der Waals surface area contributed by atoms with Crippen molar-refractivity contribution in [1.82, 2.24) is 9.97 Å². The van der Waals surface area contributed by atoms with Crippen LogP contribution in [0.2, 0.25) is 0 Å². The maximum absolute atomic E-state index is 11.8. The Morgan fingerprint density at radius 2 is 1.83 bits per heavy atom. The van der Waals surface area contributed by atoms with E-state index >= 15 is 0 Å². The first kappa shape index (κ1) is 42.6. The average Bonchev–Trinajstić information content (AvgIpc) is 3.04. The second-order valence-electron chi connectivity index (χ2n) is 12.3. The minimum Gasteiger partial charge on any atom is -0.465 e. The van der Waals surface area contributed by atoms with E-state index in [1.807, 2.05) is 53.7 Å². The predicted octanol–water partition coefficient (Wildman–Crippen LogP) is 9.11. The molecule has 1 aromatic heterocycles. The summed E-state index contributed by atoms with van der Waals surface area (Å²) in [5.74, 6) is 0.541. The molecule has 0 aliphatic heterocycles. The van der Waals surface area contributed by atoms with Gasteiger partial charge < -0.3 is 15.9 Å². The number of aromatic nitrogens is 2. The summed E-state index contributed by atoms with van der Waals surface area (Å²) < 4.78 is 0. The molecule has 9 nitrogen and oxygen atoms in total. The molecule has 0 bridgehead atoms. The van der Waals surface area contributed by atoms with Crippen molar-refractivity contribution in [2.24, 2.45) is 22.1 Å². The normalized spacial score (nSPS) is 19.0. The maximum atomic E-state index is 11.8. The van der Waals surface area contributed by atoms with Crippen LogP contribution in [0.25, 0.3) is 0 Å². The molecule has 1 amide bonds. The van der Waals surface area contributed by atoms with Crippen LogP contribution < -0.4 is 10.6 Å². The van der Waals surface area contributed by atoms with Gasteiger partial charge in [0.2, 0.25) is 0 Å². The summed E-state index contributed by atoms with van der Waals surface area (Å²) in [7, 11) is 0. The zero-order valence-electron chi connectivity index (χ0n) is 30.5. The van der Waals surface area contributed by atoms with E-state index < -0.39 is 11.7 Å². The van der Waals surface area contributed by atoms with Gasteiger partial charge >= 0.3 is 6.09 Å². The summed E-state index contributed by atoms with van der Waals surface area (Å²) in [5.41, 5.74) is 9.76. The number of nitrogens with two attached hydrogens (primary N) is 1.